The number of hydrogen-bond acceptors (Lipinski definition) is 2. The Labute approximate surface area is 69.9 Å². The number of aliphatic carboxylic acids is 1. The minimum atomic E-state index is -1.02. The summed E-state index contributed by atoms with van der Waals surface area (Å²) in [6.45, 7) is 0. The first-order valence-electron chi connectivity index (χ1n) is 3.40. The molecule has 1 aromatic rings. The topological polar surface area (TPSA) is 46.5 Å². The second-order valence-corrected chi connectivity index (χ2v) is 2.07. The van der Waals surface area contributed by atoms with Crippen LogP contribution in [-0.4, -0.2) is 11.1 Å². The molecule has 0 atom stereocenters. The summed E-state index contributed by atoms with van der Waals surface area (Å²) in [7, 11) is 0. The highest BCUT2D eigenvalue weighted by atomic mass is 16.5. The lowest BCUT2D eigenvalue weighted by atomic mass is 10.3. The van der Waals surface area contributed by atoms with Gasteiger partial charge in [0.15, 0.2) is 0 Å². The third kappa shape index (κ3) is 2.88. The third-order valence-electron chi connectivity index (χ3n) is 1.16. The molecule has 12 heavy (non-hydrogen) atoms. The molecule has 1 aromatic carbocycles. The zero-order valence-electron chi connectivity index (χ0n) is 6.31. The molecule has 3 nitrogen and oxygen atoms in total. The van der Waals surface area contributed by atoms with Gasteiger partial charge in [-0.2, -0.15) is 0 Å². The summed E-state index contributed by atoms with van der Waals surface area (Å²) in [5.74, 6) is -0.402. The third-order valence-corrected chi connectivity index (χ3v) is 1.16. The van der Waals surface area contributed by atoms with Crippen LogP contribution >= 0.6 is 0 Å². The lowest BCUT2D eigenvalue weighted by Crippen LogP contribution is -1.88. The highest BCUT2D eigenvalue weighted by molar-refractivity contribution is 5.79. The van der Waals surface area contributed by atoms with E-state index < -0.39 is 5.97 Å². The maximum atomic E-state index is 10.0. The van der Waals surface area contributed by atoms with Crippen LogP contribution in [0.5, 0.6) is 5.75 Å². The first-order valence-corrected chi connectivity index (χ1v) is 3.40. The zero-order valence-corrected chi connectivity index (χ0v) is 6.31. The number of para-hydroxylation sites is 1. The smallest absolute Gasteiger partial charge is 0.331 e. The minimum Gasteiger partial charge on any atom is -0.478 e. The predicted molar refractivity (Wildman–Crippen MR) is 43.8 cm³/mol. The molecule has 0 heterocycles. The van der Waals surface area contributed by atoms with Gasteiger partial charge < -0.3 is 9.84 Å². The van der Waals surface area contributed by atoms with Crippen molar-refractivity contribution in [3.63, 3.8) is 0 Å². The van der Waals surface area contributed by atoms with Crippen LogP contribution in [0, 0.1) is 0 Å². The fourth-order valence-electron chi connectivity index (χ4n) is 0.670. The number of carboxylic acids is 1. The monoisotopic (exact) mass is 164 g/mol. The predicted octanol–water partition coefficient (Wildman–Crippen LogP) is 1.66. The van der Waals surface area contributed by atoms with E-state index in [2.05, 4.69) is 0 Å². The van der Waals surface area contributed by atoms with Crippen LogP contribution < -0.4 is 4.74 Å². The molecule has 0 aliphatic carbocycles. The van der Waals surface area contributed by atoms with Gasteiger partial charge in [0.1, 0.15) is 5.75 Å². The lowest BCUT2D eigenvalue weighted by Gasteiger charge is -1.96. The molecule has 0 saturated carbocycles. The van der Waals surface area contributed by atoms with E-state index in [0.717, 1.165) is 12.3 Å². The highest BCUT2D eigenvalue weighted by Gasteiger charge is 1.87. The second-order valence-electron chi connectivity index (χ2n) is 2.07. The van der Waals surface area contributed by atoms with Crippen molar-refractivity contribution >= 4 is 5.97 Å². The molecule has 0 spiro atoms. The molecule has 1 rings (SSSR count). The molecule has 0 fully saturated rings. The molecule has 0 aromatic heterocycles. The molecular weight excluding hydrogens is 156 g/mol. The van der Waals surface area contributed by atoms with Crippen LogP contribution in [0.1, 0.15) is 0 Å². The Morgan fingerprint density at radius 3 is 2.58 bits per heavy atom. The Balaban J connectivity index is 2.49. The number of benzene rings is 1. The maximum absolute atomic E-state index is 10.0. The van der Waals surface area contributed by atoms with Crippen LogP contribution in [0.4, 0.5) is 0 Å². The van der Waals surface area contributed by atoms with Gasteiger partial charge in [-0.15, -0.1) is 0 Å². The zero-order chi connectivity index (χ0) is 8.81. The molecule has 0 saturated heterocycles. The van der Waals surface area contributed by atoms with Gasteiger partial charge in [0.25, 0.3) is 0 Å². The SMILES string of the molecule is O=C(O)C=COc1ccccc1. The number of carboxylic acid groups (broad SMARTS) is 1. The van der Waals surface area contributed by atoms with Gasteiger partial charge in [0.2, 0.25) is 0 Å². The van der Waals surface area contributed by atoms with Crippen molar-refractivity contribution in [2.24, 2.45) is 0 Å². The molecule has 1 N–H and O–H groups in total. The van der Waals surface area contributed by atoms with E-state index in [0.29, 0.717) is 5.75 Å². The molecule has 0 unspecified atom stereocenters. The highest BCUT2D eigenvalue weighted by Crippen LogP contribution is 2.07. The van der Waals surface area contributed by atoms with Crippen molar-refractivity contribution in [1.29, 1.82) is 0 Å². The Kier molecular flexibility index (Phi) is 2.90. The van der Waals surface area contributed by atoms with Crippen LogP contribution in [0.15, 0.2) is 42.7 Å². The van der Waals surface area contributed by atoms with Crippen molar-refractivity contribution in [3.05, 3.63) is 42.7 Å². The van der Waals surface area contributed by atoms with E-state index in [1.165, 1.54) is 0 Å². The number of carbonyl (C=O) groups is 1. The van der Waals surface area contributed by atoms with Gasteiger partial charge >= 0.3 is 5.97 Å². The summed E-state index contributed by atoms with van der Waals surface area (Å²) in [4.78, 5) is 10.0. The van der Waals surface area contributed by atoms with Crippen LogP contribution in [0.25, 0.3) is 0 Å². The van der Waals surface area contributed by atoms with Gasteiger partial charge in [0, 0.05) is 0 Å². The van der Waals surface area contributed by atoms with Crippen molar-refractivity contribution in [1.82, 2.24) is 0 Å². The molecular formula is C9H8O3. The number of ether oxygens (including phenoxy) is 1. The second kappa shape index (κ2) is 4.18. The summed E-state index contributed by atoms with van der Waals surface area (Å²) in [6.07, 6.45) is 2.07. The van der Waals surface area contributed by atoms with Crippen molar-refractivity contribution in [3.8, 4) is 5.75 Å². The number of hydrogen-bond donors (Lipinski definition) is 1. The molecule has 0 aliphatic rings. The van der Waals surface area contributed by atoms with E-state index in [4.69, 9.17) is 9.84 Å². The standard InChI is InChI=1S/C9H8O3/c10-9(11)6-7-12-8-4-2-1-3-5-8/h1-7H,(H,10,11). The Morgan fingerprint density at radius 2 is 2.00 bits per heavy atom. The van der Waals surface area contributed by atoms with Crippen LogP contribution in [0.2, 0.25) is 0 Å². The van der Waals surface area contributed by atoms with Crippen molar-refractivity contribution < 1.29 is 14.6 Å². The summed E-state index contributed by atoms with van der Waals surface area (Å²) >= 11 is 0. The van der Waals surface area contributed by atoms with E-state index in [1.807, 2.05) is 18.2 Å². The average molecular weight is 164 g/mol. The molecule has 0 amide bonds. The quantitative estimate of drug-likeness (QED) is 0.546. The van der Waals surface area contributed by atoms with E-state index in [-0.39, 0.29) is 0 Å². The van der Waals surface area contributed by atoms with E-state index in [1.54, 1.807) is 12.1 Å². The molecule has 3 heteroatoms. The van der Waals surface area contributed by atoms with Gasteiger partial charge in [-0.3, -0.25) is 0 Å². The van der Waals surface area contributed by atoms with E-state index >= 15 is 0 Å². The van der Waals surface area contributed by atoms with Gasteiger partial charge in [-0.05, 0) is 12.1 Å². The first-order chi connectivity index (χ1) is 5.79. The van der Waals surface area contributed by atoms with Crippen LogP contribution in [-0.2, 0) is 4.79 Å². The normalized spacial score (nSPS) is 10.0. The molecule has 0 aliphatic heterocycles. The van der Waals surface area contributed by atoms with E-state index in [9.17, 15) is 4.79 Å². The first kappa shape index (κ1) is 8.33. The van der Waals surface area contributed by atoms with Gasteiger partial charge in [-0.1, -0.05) is 18.2 Å². The maximum Gasteiger partial charge on any atom is 0.331 e. The summed E-state index contributed by atoms with van der Waals surface area (Å²) in [5.41, 5.74) is 0. The fourth-order valence-corrected chi connectivity index (χ4v) is 0.670. The average Bonchev–Trinajstić information content (AvgIpc) is 2.05. The summed E-state index contributed by atoms with van der Waals surface area (Å²) in [5, 5.41) is 8.22. The van der Waals surface area contributed by atoms with Crippen molar-refractivity contribution in [2.45, 2.75) is 0 Å². The Hall–Kier alpha value is -1.77. The fraction of sp³-hybridized carbons (Fsp3) is 0. The molecule has 0 radical (unpaired) electrons. The number of rotatable bonds is 3. The Morgan fingerprint density at radius 1 is 1.33 bits per heavy atom. The van der Waals surface area contributed by atoms with Crippen molar-refractivity contribution in [2.75, 3.05) is 0 Å². The lowest BCUT2D eigenvalue weighted by molar-refractivity contribution is -0.131. The van der Waals surface area contributed by atoms with Gasteiger partial charge in [0.05, 0.1) is 12.3 Å². The largest absolute Gasteiger partial charge is 0.478 e. The molecule has 62 valence electrons. The summed E-state index contributed by atoms with van der Waals surface area (Å²) < 4.78 is 4.96. The Bertz CT molecular complexity index is 277. The van der Waals surface area contributed by atoms with Crippen LogP contribution in [0.3, 0.4) is 0 Å². The van der Waals surface area contributed by atoms with Gasteiger partial charge in [-0.25, -0.2) is 4.79 Å². The minimum absolute atomic E-state index is 0.620. The molecule has 0 bridgehead atoms. The summed E-state index contributed by atoms with van der Waals surface area (Å²) in [6, 6.07) is 8.96.